The summed E-state index contributed by atoms with van der Waals surface area (Å²) in [6.45, 7) is 0.770. The standard InChI is InChI=1S/C22H17NO6S/c1-14(24)29-18-10-8-16(9-11-18)15-4-6-17(7-5-15)22(27)28-13-20(25)23-21(26)19-3-2-12-30-19/h2-12H,13H2,1H3,(H,23,25,26). The molecule has 0 spiro atoms. The second kappa shape index (κ2) is 9.62. The van der Waals surface area contributed by atoms with Crippen LogP contribution in [0.25, 0.3) is 11.1 Å². The molecule has 3 rings (SSSR count). The quantitative estimate of drug-likeness (QED) is 0.482. The van der Waals surface area contributed by atoms with Crippen LogP contribution < -0.4 is 10.1 Å². The van der Waals surface area contributed by atoms with Crippen molar-refractivity contribution in [3.8, 4) is 16.9 Å². The Bertz CT molecular complexity index is 1060. The first-order chi connectivity index (χ1) is 14.4. The molecule has 30 heavy (non-hydrogen) atoms. The average Bonchev–Trinajstić information content (AvgIpc) is 3.27. The van der Waals surface area contributed by atoms with E-state index in [1.807, 2.05) is 0 Å². The van der Waals surface area contributed by atoms with Crippen LogP contribution in [0, 0.1) is 0 Å². The van der Waals surface area contributed by atoms with Crippen LogP contribution >= 0.6 is 11.3 Å². The fourth-order valence-corrected chi connectivity index (χ4v) is 3.15. The Morgan fingerprint density at radius 1 is 0.900 bits per heavy atom. The van der Waals surface area contributed by atoms with E-state index in [1.54, 1.807) is 66.0 Å². The molecule has 0 atom stereocenters. The van der Waals surface area contributed by atoms with Gasteiger partial charge in [-0.15, -0.1) is 11.3 Å². The van der Waals surface area contributed by atoms with Crippen molar-refractivity contribution in [2.24, 2.45) is 0 Å². The van der Waals surface area contributed by atoms with Crippen LogP contribution in [0.3, 0.4) is 0 Å². The highest BCUT2D eigenvalue weighted by Gasteiger charge is 2.14. The van der Waals surface area contributed by atoms with E-state index in [0.717, 1.165) is 11.1 Å². The molecule has 7 nitrogen and oxygen atoms in total. The van der Waals surface area contributed by atoms with Gasteiger partial charge >= 0.3 is 11.9 Å². The predicted molar refractivity (Wildman–Crippen MR) is 110 cm³/mol. The van der Waals surface area contributed by atoms with E-state index in [1.165, 1.54) is 18.3 Å². The van der Waals surface area contributed by atoms with Crippen LogP contribution in [0.15, 0.2) is 66.0 Å². The number of thiophene rings is 1. The number of benzene rings is 2. The van der Waals surface area contributed by atoms with Gasteiger partial charge in [-0.25, -0.2) is 4.79 Å². The Balaban J connectivity index is 1.54. The van der Waals surface area contributed by atoms with Crippen LogP contribution in [0.5, 0.6) is 5.75 Å². The van der Waals surface area contributed by atoms with Gasteiger partial charge in [-0.1, -0.05) is 30.3 Å². The van der Waals surface area contributed by atoms with Crippen molar-refractivity contribution < 1.29 is 28.7 Å². The second-order valence-corrected chi connectivity index (χ2v) is 7.07. The number of carbonyl (C=O) groups excluding carboxylic acids is 4. The van der Waals surface area contributed by atoms with Crippen molar-refractivity contribution in [1.82, 2.24) is 5.32 Å². The third-order valence-corrected chi connectivity index (χ3v) is 4.77. The summed E-state index contributed by atoms with van der Waals surface area (Å²) >= 11 is 1.20. The molecule has 0 aliphatic heterocycles. The van der Waals surface area contributed by atoms with Gasteiger partial charge in [-0.05, 0) is 46.8 Å². The van der Waals surface area contributed by atoms with E-state index < -0.39 is 30.4 Å². The van der Waals surface area contributed by atoms with Crippen LogP contribution in [-0.2, 0) is 14.3 Å². The second-order valence-electron chi connectivity index (χ2n) is 6.13. The Morgan fingerprint density at radius 3 is 2.10 bits per heavy atom. The summed E-state index contributed by atoms with van der Waals surface area (Å²) in [5, 5.41) is 3.88. The SMILES string of the molecule is CC(=O)Oc1ccc(-c2ccc(C(=O)OCC(=O)NC(=O)c3cccs3)cc2)cc1. The van der Waals surface area contributed by atoms with E-state index in [-0.39, 0.29) is 5.56 Å². The third-order valence-electron chi connectivity index (χ3n) is 3.90. The van der Waals surface area contributed by atoms with Crippen LogP contribution in [0.1, 0.15) is 27.0 Å². The van der Waals surface area contributed by atoms with Gasteiger partial charge in [0.15, 0.2) is 6.61 Å². The summed E-state index contributed by atoms with van der Waals surface area (Å²) in [4.78, 5) is 47.1. The van der Waals surface area contributed by atoms with Crippen molar-refractivity contribution in [3.63, 3.8) is 0 Å². The summed E-state index contributed by atoms with van der Waals surface area (Å²) in [5.74, 6) is -1.86. The molecule has 1 heterocycles. The van der Waals surface area contributed by atoms with Gasteiger partial charge in [0.2, 0.25) is 0 Å². The van der Waals surface area contributed by atoms with E-state index in [2.05, 4.69) is 5.32 Å². The number of esters is 2. The largest absolute Gasteiger partial charge is 0.452 e. The van der Waals surface area contributed by atoms with Gasteiger partial charge in [0, 0.05) is 6.92 Å². The predicted octanol–water partition coefficient (Wildman–Crippen LogP) is 3.45. The molecule has 3 aromatic rings. The molecular formula is C22H17NO6S. The first-order valence-corrected chi connectivity index (χ1v) is 9.74. The molecule has 0 fully saturated rings. The van der Waals surface area contributed by atoms with Crippen molar-refractivity contribution in [1.29, 1.82) is 0 Å². The first-order valence-electron chi connectivity index (χ1n) is 8.86. The summed E-state index contributed by atoms with van der Waals surface area (Å²) in [5.41, 5.74) is 1.99. The molecule has 152 valence electrons. The van der Waals surface area contributed by atoms with E-state index in [4.69, 9.17) is 9.47 Å². The minimum atomic E-state index is -0.703. The summed E-state index contributed by atoms with van der Waals surface area (Å²) < 4.78 is 9.95. The number of carbonyl (C=O) groups is 4. The van der Waals surface area contributed by atoms with E-state index >= 15 is 0 Å². The zero-order chi connectivity index (χ0) is 21.5. The Labute approximate surface area is 176 Å². The number of hydrogen-bond donors (Lipinski definition) is 1. The number of hydrogen-bond acceptors (Lipinski definition) is 7. The molecule has 1 N–H and O–H groups in total. The number of amides is 2. The average molecular weight is 423 g/mol. The number of rotatable bonds is 6. The number of ether oxygens (including phenoxy) is 2. The minimum Gasteiger partial charge on any atom is -0.452 e. The van der Waals surface area contributed by atoms with Gasteiger partial charge in [-0.3, -0.25) is 19.7 Å². The lowest BCUT2D eigenvalue weighted by molar-refractivity contribution is -0.131. The number of imide groups is 1. The maximum Gasteiger partial charge on any atom is 0.338 e. The highest BCUT2D eigenvalue weighted by Crippen LogP contribution is 2.23. The smallest absolute Gasteiger partial charge is 0.338 e. The topological polar surface area (TPSA) is 98.8 Å². The minimum absolute atomic E-state index is 0.271. The Hall–Kier alpha value is -3.78. The molecule has 2 amide bonds. The fraction of sp³-hybridized carbons (Fsp3) is 0.0909. The van der Waals surface area contributed by atoms with Crippen molar-refractivity contribution >= 4 is 35.1 Å². The van der Waals surface area contributed by atoms with Gasteiger partial charge < -0.3 is 9.47 Å². The van der Waals surface area contributed by atoms with E-state index in [0.29, 0.717) is 10.6 Å². The lowest BCUT2D eigenvalue weighted by Gasteiger charge is -2.07. The fourth-order valence-electron chi connectivity index (χ4n) is 2.53. The zero-order valence-corrected chi connectivity index (χ0v) is 16.7. The monoisotopic (exact) mass is 423 g/mol. The van der Waals surface area contributed by atoms with E-state index in [9.17, 15) is 19.2 Å². The molecule has 1 aromatic heterocycles. The highest BCUT2D eigenvalue weighted by molar-refractivity contribution is 7.12. The molecule has 2 aromatic carbocycles. The maximum atomic E-state index is 12.1. The molecular weight excluding hydrogens is 406 g/mol. The number of nitrogens with one attached hydrogen (secondary N) is 1. The van der Waals surface area contributed by atoms with Crippen LogP contribution in [-0.4, -0.2) is 30.4 Å². The van der Waals surface area contributed by atoms with Crippen molar-refractivity contribution in [2.45, 2.75) is 6.92 Å². The molecule has 0 bridgehead atoms. The summed E-state index contributed by atoms with van der Waals surface area (Å²) in [7, 11) is 0. The van der Waals surface area contributed by atoms with Crippen LogP contribution in [0.4, 0.5) is 0 Å². The van der Waals surface area contributed by atoms with Gasteiger partial charge in [-0.2, -0.15) is 0 Å². The Kier molecular flexibility index (Phi) is 6.71. The van der Waals surface area contributed by atoms with Crippen molar-refractivity contribution in [3.05, 3.63) is 76.5 Å². The first kappa shape index (κ1) is 20.9. The lowest BCUT2D eigenvalue weighted by atomic mass is 10.0. The summed E-state index contributed by atoms with van der Waals surface area (Å²) in [6.07, 6.45) is 0. The molecule has 0 aliphatic carbocycles. The molecule has 0 saturated heterocycles. The molecule has 8 heteroatoms. The Morgan fingerprint density at radius 2 is 1.53 bits per heavy atom. The third kappa shape index (κ3) is 5.62. The van der Waals surface area contributed by atoms with Crippen molar-refractivity contribution in [2.75, 3.05) is 6.61 Å². The normalized spacial score (nSPS) is 10.2. The molecule has 0 saturated carbocycles. The van der Waals surface area contributed by atoms with Crippen LogP contribution in [0.2, 0.25) is 0 Å². The molecule has 0 radical (unpaired) electrons. The lowest BCUT2D eigenvalue weighted by Crippen LogP contribution is -2.33. The molecule has 0 aliphatic rings. The summed E-state index contributed by atoms with van der Waals surface area (Å²) in [6, 6.07) is 16.8. The van der Waals surface area contributed by atoms with Gasteiger partial charge in [0.25, 0.3) is 11.8 Å². The van der Waals surface area contributed by atoms with Gasteiger partial charge in [0.05, 0.1) is 10.4 Å². The van der Waals surface area contributed by atoms with Gasteiger partial charge in [0.1, 0.15) is 5.75 Å². The zero-order valence-electron chi connectivity index (χ0n) is 15.9. The molecule has 0 unspecified atom stereocenters. The maximum absolute atomic E-state index is 12.1. The highest BCUT2D eigenvalue weighted by atomic mass is 32.1.